The molecule has 4 heteroatoms. The molecule has 0 bridgehead atoms. The molecule has 13 rings (SSSR count). The predicted molar refractivity (Wildman–Crippen MR) is 260 cm³/mol. The molecule has 0 aliphatic heterocycles. The lowest BCUT2D eigenvalue weighted by atomic mass is 9.91. The Morgan fingerprint density at radius 2 is 0.677 bits per heavy atom. The van der Waals surface area contributed by atoms with E-state index in [2.05, 4.69) is 215 Å². The molecule has 3 heterocycles. The van der Waals surface area contributed by atoms with Crippen molar-refractivity contribution < 1.29 is 0 Å². The fraction of sp³-hybridized carbons (Fsp3) is 0. The van der Waals surface area contributed by atoms with Crippen molar-refractivity contribution in [3.63, 3.8) is 0 Å². The number of hydrogen-bond acceptors (Lipinski definition) is 2. The molecule has 0 radical (unpaired) electrons. The highest BCUT2D eigenvalue weighted by atomic mass is 15.2. The van der Waals surface area contributed by atoms with Crippen LogP contribution in [0.15, 0.2) is 218 Å². The van der Waals surface area contributed by atoms with Crippen molar-refractivity contribution in [1.82, 2.24) is 19.1 Å². The van der Waals surface area contributed by atoms with Gasteiger partial charge in [0.15, 0.2) is 0 Å². The molecule has 0 aliphatic carbocycles. The molecule has 4 nitrogen and oxygen atoms in total. The molecule has 0 spiro atoms. The van der Waals surface area contributed by atoms with Gasteiger partial charge in [0.2, 0.25) is 5.95 Å². The maximum atomic E-state index is 5.24. The molecule has 3 aromatic heterocycles. The monoisotopic (exact) mass is 788 g/mol. The van der Waals surface area contributed by atoms with Crippen LogP contribution in [0.2, 0.25) is 0 Å². The maximum Gasteiger partial charge on any atom is 0.235 e. The van der Waals surface area contributed by atoms with E-state index in [4.69, 9.17) is 9.97 Å². The second kappa shape index (κ2) is 13.6. The van der Waals surface area contributed by atoms with E-state index in [1.165, 1.54) is 59.7 Å². The van der Waals surface area contributed by atoms with E-state index in [1.54, 1.807) is 0 Å². The lowest BCUT2D eigenvalue weighted by Gasteiger charge is -2.14. The smallest absolute Gasteiger partial charge is 0.235 e. The minimum Gasteiger partial charge on any atom is -0.309 e. The van der Waals surface area contributed by atoms with Crippen LogP contribution in [0.5, 0.6) is 0 Å². The number of hydrogen-bond donors (Lipinski definition) is 0. The summed E-state index contributed by atoms with van der Waals surface area (Å²) in [5.41, 5.74) is 11.9. The average Bonchev–Trinajstić information content (AvgIpc) is 3.86. The van der Waals surface area contributed by atoms with Crippen molar-refractivity contribution in [3.05, 3.63) is 218 Å². The molecule has 10 aromatic carbocycles. The zero-order valence-electron chi connectivity index (χ0n) is 33.6. The predicted octanol–water partition coefficient (Wildman–Crippen LogP) is 15.1. The second-order valence-electron chi connectivity index (χ2n) is 16.2. The summed E-state index contributed by atoms with van der Waals surface area (Å²) in [6, 6.07) is 78.6. The second-order valence-corrected chi connectivity index (χ2v) is 16.2. The Morgan fingerprint density at radius 1 is 0.242 bits per heavy atom. The summed E-state index contributed by atoms with van der Waals surface area (Å²) >= 11 is 0. The van der Waals surface area contributed by atoms with Gasteiger partial charge in [-0.05, 0) is 104 Å². The molecule has 0 unspecified atom stereocenters. The van der Waals surface area contributed by atoms with Gasteiger partial charge in [0.25, 0.3) is 0 Å². The fourth-order valence-corrected chi connectivity index (χ4v) is 9.87. The number of benzene rings is 10. The van der Waals surface area contributed by atoms with Crippen molar-refractivity contribution >= 4 is 75.9 Å². The highest BCUT2D eigenvalue weighted by Crippen LogP contribution is 2.43. The summed E-state index contributed by atoms with van der Waals surface area (Å²) in [4.78, 5) is 10.5. The normalized spacial score (nSPS) is 11.9. The Hall–Kier alpha value is -8.34. The van der Waals surface area contributed by atoms with Crippen molar-refractivity contribution in [2.75, 3.05) is 0 Å². The van der Waals surface area contributed by atoms with E-state index in [1.807, 2.05) is 12.1 Å². The quantitative estimate of drug-likeness (QED) is 0.163. The molecule has 0 saturated heterocycles. The molecule has 288 valence electrons. The first-order valence-corrected chi connectivity index (χ1v) is 21.2. The average molecular weight is 789 g/mol. The molecular formula is C58H36N4. The first-order valence-electron chi connectivity index (χ1n) is 21.2. The standard InChI is InChI=1S/C58H36N4/c1-4-16-37(17-5-1)52-36-53(38-18-6-2-7-19-38)60-58(59-52)62-55-27-15-13-24-45(55)50-33-40(29-31-56(50)62)39-28-30-44-47(32-39)42-22-10-11-23-43(42)49-35-57-51(34-48(44)49)46-25-12-14-26-54(46)61(57)41-20-8-3-9-21-41/h1-36H. The van der Waals surface area contributed by atoms with Crippen molar-refractivity contribution in [3.8, 4) is 45.3 Å². The van der Waals surface area contributed by atoms with E-state index < -0.39 is 0 Å². The Kier molecular flexibility index (Phi) is 7.57. The van der Waals surface area contributed by atoms with E-state index in [0.29, 0.717) is 5.95 Å². The number of fused-ring (bicyclic) bond motifs is 12. The Morgan fingerprint density at radius 3 is 1.31 bits per heavy atom. The summed E-state index contributed by atoms with van der Waals surface area (Å²) in [7, 11) is 0. The van der Waals surface area contributed by atoms with E-state index in [-0.39, 0.29) is 0 Å². The molecule has 0 amide bonds. The minimum absolute atomic E-state index is 0.647. The molecule has 0 N–H and O–H groups in total. The minimum atomic E-state index is 0.647. The fourth-order valence-electron chi connectivity index (χ4n) is 9.87. The van der Waals surface area contributed by atoms with Crippen LogP contribution in [0.1, 0.15) is 0 Å². The van der Waals surface area contributed by atoms with Gasteiger partial charge in [0.05, 0.1) is 33.5 Å². The highest BCUT2D eigenvalue weighted by Gasteiger charge is 2.20. The van der Waals surface area contributed by atoms with Gasteiger partial charge >= 0.3 is 0 Å². The zero-order chi connectivity index (χ0) is 40.7. The number of nitrogens with zero attached hydrogens (tertiary/aromatic N) is 4. The van der Waals surface area contributed by atoms with Gasteiger partial charge in [0, 0.05) is 38.4 Å². The van der Waals surface area contributed by atoms with Gasteiger partial charge in [0.1, 0.15) is 0 Å². The lowest BCUT2D eigenvalue weighted by Crippen LogP contribution is -2.03. The molecule has 62 heavy (non-hydrogen) atoms. The molecule has 0 aliphatic rings. The first-order chi connectivity index (χ1) is 30.7. The van der Waals surface area contributed by atoms with Crippen LogP contribution in [0.3, 0.4) is 0 Å². The van der Waals surface area contributed by atoms with Gasteiger partial charge in [-0.15, -0.1) is 0 Å². The van der Waals surface area contributed by atoms with E-state index in [9.17, 15) is 0 Å². The SMILES string of the molecule is c1ccc(-c2cc(-c3ccccc3)nc(-n3c4ccccc4c4cc(-c5ccc6c(c5)c5ccccc5c5cc7c(cc65)c5ccccc5n7-c5ccccc5)ccc43)n2)cc1. The van der Waals surface area contributed by atoms with Gasteiger partial charge in [-0.25, -0.2) is 9.97 Å². The molecule has 13 aromatic rings. The van der Waals surface area contributed by atoms with Crippen LogP contribution in [0.25, 0.3) is 121 Å². The van der Waals surface area contributed by atoms with Gasteiger partial charge in [-0.3, -0.25) is 4.57 Å². The van der Waals surface area contributed by atoms with Gasteiger partial charge < -0.3 is 4.57 Å². The van der Waals surface area contributed by atoms with E-state index >= 15 is 0 Å². The number of para-hydroxylation sites is 3. The molecule has 0 fully saturated rings. The molecule has 0 atom stereocenters. The summed E-state index contributed by atoms with van der Waals surface area (Å²) in [5, 5.41) is 12.4. The lowest BCUT2D eigenvalue weighted by molar-refractivity contribution is 0.995. The van der Waals surface area contributed by atoms with Crippen LogP contribution in [0.4, 0.5) is 0 Å². The third-order valence-electron chi connectivity index (χ3n) is 12.7. The summed E-state index contributed by atoms with van der Waals surface area (Å²) in [6.07, 6.45) is 0. The third kappa shape index (κ3) is 5.27. The van der Waals surface area contributed by atoms with Crippen LogP contribution >= 0.6 is 0 Å². The number of rotatable bonds is 5. The van der Waals surface area contributed by atoms with Crippen LogP contribution < -0.4 is 0 Å². The Bertz CT molecular complexity index is 3840. The third-order valence-corrected chi connectivity index (χ3v) is 12.7. The zero-order valence-corrected chi connectivity index (χ0v) is 33.6. The van der Waals surface area contributed by atoms with Crippen molar-refractivity contribution in [2.24, 2.45) is 0 Å². The summed E-state index contributed by atoms with van der Waals surface area (Å²) < 4.78 is 4.64. The van der Waals surface area contributed by atoms with Crippen molar-refractivity contribution in [1.29, 1.82) is 0 Å². The summed E-state index contributed by atoms with van der Waals surface area (Å²) in [5.74, 6) is 0.647. The molecular weight excluding hydrogens is 753 g/mol. The van der Waals surface area contributed by atoms with Crippen LogP contribution in [-0.2, 0) is 0 Å². The summed E-state index contributed by atoms with van der Waals surface area (Å²) in [6.45, 7) is 0. The van der Waals surface area contributed by atoms with Gasteiger partial charge in [-0.1, -0.05) is 158 Å². The maximum absolute atomic E-state index is 5.24. The Labute approximate surface area is 357 Å². The highest BCUT2D eigenvalue weighted by molar-refractivity contribution is 6.29. The van der Waals surface area contributed by atoms with Crippen molar-refractivity contribution in [2.45, 2.75) is 0 Å². The first kappa shape index (κ1) is 34.5. The number of aromatic nitrogens is 4. The van der Waals surface area contributed by atoms with Gasteiger partial charge in [-0.2, -0.15) is 0 Å². The largest absolute Gasteiger partial charge is 0.309 e. The molecule has 0 saturated carbocycles. The van der Waals surface area contributed by atoms with Crippen LogP contribution in [-0.4, -0.2) is 19.1 Å². The van der Waals surface area contributed by atoms with Crippen LogP contribution in [0, 0.1) is 0 Å². The topological polar surface area (TPSA) is 35.6 Å². The van der Waals surface area contributed by atoms with E-state index in [0.717, 1.165) is 55.6 Å². The Balaban J connectivity index is 1.01.